The number of nitrogens with zero attached hydrogens (tertiary/aromatic N) is 3. The molecule has 1 aromatic heterocycles. The van der Waals surface area contributed by atoms with Crippen molar-refractivity contribution < 1.29 is 4.74 Å². The van der Waals surface area contributed by atoms with E-state index in [1.165, 1.54) is 25.7 Å². The number of rotatable bonds is 3. The van der Waals surface area contributed by atoms with Crippen molar-refractivity contribution in [3.05, 3.63) is 11.6 Å². The fourth-order valence-corrected chi connectivity index (χ4v) is 3.11. The van der Waals surface area contributed by atoms with Crippen molar-refractivity contribution in [3.63, 3.8) is 0 Å². The average molecular weight is 292 g/mol. The number of methoxy groups -OCH3 is 1. The number of ether oxygens (including phenoxy) is 1. The minimum atomic E-state index is -0.174. The lowest BCUT2D eigenvalue weighted by molar-refractivity contribution is 0.00837. The Balaban J connectivity index is 2.31. The zero-order valence-electron chi connectivity index (χ0n) is 13.7. The second-order valence-corrected chi connectivity index (χ2v) is 7.08. The first-order valence-corrected chi connectivity index (χ1v) is 7.96. The minimum Gasteiger partial charge on any atom is -0.373 e. The van der Waals surface area contributed by atoms with Gasteiger partial charge in [0, 0.05) is 13.0 Å². The molecule has 1 fully saturated rings. The molecular weight excluding hydrogens is 264 g/mol. The van der Waals surface area contributed by atoms with Gasteiger partial charge in [-0.1, -0.05) is 46.5 Å². The number of nitrogen functional groups attached to an aromatic ring is 1. The Morgan fingerprint density at radius 2 is 1.67 bits per heavy atom. The molecule has 5 nitrogen and oxygen atoms in total. The first-order valence-electron chi connectivity index (χ1n) is 7.96. The van der Waals surface area contributed by atoms with E-state index in [0.29, 0.717) is 17.7 Å². The van der Waals surface area contributed by atoms with E-state index < -0.39 is 0 Å². The molecule has 0 bridgehead atoms. The van der Waals surface area contributed by atoms with Crippen molar-refractivity contribution in [1.82, 2.24) is 15.0 Å². The van der Waals surface area contributed by atoms with Gasteiger partial charge in [0.2, 0.25) is 5.95 Å². The van der Waals surface area contributed by atoms with Gasteiger partial charge < -0.3 is 10.5 Å². The van der Waals surface area contributed by atoms with Gasteiger partial charge in [-0.05, 0) is 18.3 Å². The molecule has 2 N–H and O–H groups in total. The molecule has 1 unspecified atom stereocenters. The van der Waals surface area contributed by atoms with Crippen LogP contribution in [0.5, 0.6) is 0 Å². The van der Waals surface area contributed by atoms with Gasteiger partial charge in [0.05, 0.1) is 0 Å². The Kier molecular flexibility index (Phi) is 5.14. The van der Waals surface area contributed by atoms with E-state index >= 15 is 0 Å². The molecule has 1 atom stereocenters. The Hall–Kier alpha value is -1.23. The van der Waals surface area contributed by atoms with E-state index in [1.54, 1.807) is 7.11 Å². The van der Waals surface area contributed by atoms with Crippen LogP contribution < -0.4 is 5.73 Å². The molecule has 2 rings (SSSR count). The van der Waals surface area contributed by atoms with Crippen LogP contribution in [0.3, 0.4) is 0 Å². The number of hydrogen-bond acceptors (Lipinski definition) is 5. The van der Waals surface area contributed by atoms with Crippen LogP contribution in [0, 0.1) is 5.41 Å². The number of hydrogen-bond donors (Lipinski definition) is 1. The van der Waals surface area contributed by atoms with E-state index in [-0.39, 0.29) is 11.5 Å². The van der Waals surface area contributed by atoms with Gasteiger partial charge in [-0.2, -0.15) is 9.97 Å². The van der Waals surface area contributed by atoms with Crippen molar-refractivity contribution in [1.29, 1.82) is 0 Å². The zero-order valence-corrected chi connectivity index (χ0v) is 13.7. The average Bonchev–Trinajstić information content (AvgIpc) is 2.66. The third-order valence-electron chi connectivity index (χ3n) is 4.16. The summed E-state index contributed by atoms with van der Waals surface area (Å²) in [5.74, 6) is 2.24. The van der Waals surface area contributed by atoms with Crippen LogP contribution in [0.4, 0.5) is 5.95 Å². The molecule has 0 aromatic carbocycles. The predicted molar refractivity (Wildman–Crippen MR) is 83.9 cm³/mol. The maximum absolute atomic E-state index is 5.92. The van der Waals surface area contributed by atoms with Gasteiger partial charge in [-0.15, -0.1) is 0 Å². The summed E-state index contributed by atoms with van der Waals surface area (Å²) in [7, 11) is 1.70. The summed E-state index contributed by atoms with van der Waals surface area (Å²) in [6.07, 6.45) is 7.25. The van der Waals surface area contributed by atoms with Crippen LogP contribution in [-0.4, -0.2) is 22.1 Å². The SMILES string of the molecule is COC(c1nc(N)nc(C2CCCCCC2)n1)C(C)(C)C. The van der Waals surface area contributed by atoms with Gasteiger partial charge in [0.15, 0.2) is 5.82 Å². The molecule has 0 spiro atoms. The summed E-state index contributed by atoms with van der Waals surface area (Å²) in [6, 6.07) is 0. The van der Waals surface area contributed by atoms with Crippen LogP contribution in [-0.2, 0) is 4.74 Å². The van der Waals surface area contributed by atoms with Gasteiger partial charge in [0.25, 0.3) is 0 Å². The standard InChI is InChI=1S/C16H28N4O/c1-16(2,3)12(21-4)14-18-13(19-15(17)20-14)11-9-7-5-6-8-10-11/h11-12H,5-10H2,1-4H3,(H2,17,18,19,20). The molecule has 0 radical (unpaired) electrons. The Labute approximate surface area is 127 Å². The third-order valence-corrected chi connectivity index (χ3v) is 4.16. The molecule has 0 amide bonds. The van der Waals surface area contributed by atoms with E-state index in [4.69, 9.17) is 15.5 Å². The van der Waals surface area contributed by atoms with Gasteiger partial charge in [-0.3, -0.25) is 0 Å². The lowest BCUT2D eigenvalue weighted by Gasteiger charge is -2.28. The summed E-state index contributed by atoms with van der Waals surface area (Å²) in [4.78, 5) is 13.4. The van der Waals surface area contributed by atoms with Crippen molar-refractivity contribution in [2.24, 2.45) is 5.41 Å². The van der Waals surface area contributed by atoms with E-state index in [2.05, 4.69) is 30.7 Å². The Bertz CT molecular complexity index is 462. The van der Waals surface area contributed by atoms with Gasteiger partial charge in [-0.25, -0.2) is 4.98 Å². The first-order chi connectivity index (χ1) is 9.91. The summed E-state index contributed by atoms with van der Waals surface area (Å²) in [5.41, 5.74) is 5.84. The molecule has 0 aliphatic heterocycles. The fraction of sp³-hybridized carbons (Fsp3) is 0.812. The molecule has 21 heavy (non-hydrogen) atoms. The fourth-order valence-electron chi connectivity index (χ4n) is 3.11. The zero-order chi connectivity index (χ0) is 15.5. The summed E-state index contributed by atoms with van der Waals surface area (Å²) in [5, 5.41) is 0. The normalized spacial score (nSPS) is 19.2. The van der Waals surface area contributed by atoms with Crippen molar-refractivity contribution in [2.75, 3.05) is 12.8 Å². The lowest BCUT2D eigenvalue weighted by Crippen LogP contribution is -2.24. The molecule has 1 aromatic rings. The maximum atomic E-state index is 5.92. The molecule has 118 valence electrons. The Morgan fingerprint density at radius 3 is 2.19 bits per heavy atom. The van der Waals surface area contributed by atoms with Crippen molar-refractivity contribution in [3.8, 4) is 0 Å². The van der Waals surface area contributed by atoms with Gasteiger partial charge >= 0.3 is 0 Å². The predicted octanol–water partition coefficient (Wildman–Crippen LogP) is 3.63. The second-order valence-electron chi connectivity index (χ2n) is 7.08. The van der Waals surface area contributed by atoms with E-state index in [9.17, 15) is 0 Å². The number of anilines is 1. The van der Waals surface area contributed by atoms with Crippen molar-refractivity contribution in [2.45, 2.75) is 71.3 Å². The van der Waals surface area contributed by atoms with Crippen LogP contribution in [0.15, 0.2) is 0 Å². The highest BCUT2D eigenvalue weighted by Crippen LogP contribution is 2.35. The molecular formula is C16H28N4O. The molecule has 5 heteroatoms. The topological polar surface area (TPSA) is 73.9 Å². The maximum Gasteiger partial charge on any atom is 0.223 e. The second kappa shape index (κ2) is 6.69. The Morgan fingerprint density at radius 1 is 1.05 bits per heavy atom. The highest BCUT2D eigenvalue weighted by atomic mass is 16.5. The van der Waals surface area contributed by atoms with Crippen LogP contribution >= 0.6 is 0 Å². The number of aromatic nitrogens is 3. The van der Waals surface area contributed by atoms with Crippen LogP contribution in [0.2, 0.25) is 0 Å². The minimum absolute atomic E-state index is 0.0801. The van der Waals surface area contributed by atoms with E-state index in [0.717, 1.165) is 18.7 Å². The molecule has 1 aliphatic carbocycles. The monoisotopic (exact) mass is 292 g/mol. The van der Waals surface area contributed by atoms with Gasteiger partial charge in [0.1, 0.15) is 11.9 Å². The highest BCUT2D eigenvalue weighted by molar-refractivity contribution is 5.19. The number of nitrogens with two attached hydrogens (primary N) is 1. The lowest BCUT2D eigenvalue weighted by atomic mass is 9.88. The summed E-state index contributed by atoms with van der Waals surface area (Å²) >= 11 is 0. The summed E-state index contributed by atoms with van der Waals surface area (Å²) < 4.78 is 5.61. The third kappa shape index (κ3) is 4.13. The first kappa shape index (κ1) is 16.1. The molecule has 1 aliphatic rings. The molecule has 0 saturated heterocycles. The molecule has 1 saturated carbocycles. The smallest absolute Gasteiger partial charge is 0.223 e. The highest BCUT2D eigenvalue weighted by Gasteiger charge is 2.30. The van der Waals surface area contributed by atoms with E-state index in [1.807, 2.05) is 0 Å². The summed E-state index contributed by atoms with van der Waals surface area (Å²) in [6.45, 7) is 6.35. The quantitative estimate of drug-likeness (QED) is 0.861. The molecule has 1 heterocycles. The van der Waals surface area contributed by atoms with Crippen LogP contribution in [0.1, 0.15) is 83.0 Å². The van der Waals surface area contributed by atoms with Crippen LogP contribution in [0.25, 0.3) is 0 Å². The van der Waals surface area contributed by atoms with Crippen molar-refractivity contribution >= 4 is 5.95 Å². The largest absolute Gasteiger partial charge is 0.373 e.